The molecule has 1 amide bonds. The summed E-state index contributed by atoms with van der Waals surface area (Å²) < 4.78 is 30.3. The topological polar surface area (TPSA) is 114 Å². The monoisotopic (exact) mass is 1110 g/mol. The van der Waals surface area contributed by atoms with Crippen molar-refractivity contribution in [3.05, 3.63) is 60.8 Å². The van der Waals surface area contributed by atoms with E-state index >= 15 is 0 Å². The maximum atomic E-state index is 13.6. The second-order valence-electron chi connectivity index (χ2n) is 23.6. The number of rotatable bonds is 60. The Kier molecular flexibility index (Phi) is 56.2. The van der Waals surface area contributed by atoms with Crippen molar-refractivity contribution in [2.45, 2.75) is 322 Å². The zero-order valence-corrected chi connectivity index (χ0v) is 53.0. The van der Waals surface area contributed by atoms with Crippen LogP contribution in [0.25, 0.3) is 0 Å². The summed E-state index contributed by atoms with van der Waals surface area (Å²) in [6.07, 6.45) is 73.4. The van der Waals surface area contributed by atoms with Crippen LogP contribution in [0.1, 0.15) is 310 Å². The fourth-order valence-electron chi connectivity index (χ4n) is 9.52. The molecule has 78 heavy (non-hydrogen) atoms. The number of likely N-dealkylation sites (N-methyl/N-ethyl adjacent to an activating group) is 1. The molecule has 0 spiro atoms. The molecule has 0 aromatic rings. The number of nitrogens with zero attached hydrogens (tertiary/aromatic N) is 1. The quantitative estimate of drug-likeness (QED) is 0.0212. The molecule has 0 saturated heterocycles. The van der Waals surface area contributed by atoms with E-state index in [2.05, 4.69) is 74.7 Å². The summed E-state index contributed by atoms with van der Waals surface area (Å²) in [7, 11) is 1.18. The first-order valence-electron chi connectivity index (χ1n) is 33.1. The minimum atomic E-state index is -4.70. The lowest BCUT2D eigenvalue weighted by Gasteiger charge is -2.30. The molecule has 0 aliphatic carbocycles. The van der Waals surface area contributed by atoms with Crippen molar-refractivity contribution in [3.8, 4) is 0 Å². The minimum Gasteiger partial charge on any atom is -0.756 e. The number of amides is 1. The van der Waals surface area contributed by atoms with Gasteiger partial charge in [-0.1, -0.05) is 262 Å². The van der Waals surface area contributed by atoms with Gasteiger partial charge in [0.1, 0.15) is 19.3 Å². The Morgan fingerprint density at radius 1 is 0.449 bits per heavy atom. The number of nitrogens with one attached hydrogen (secondary N) is 1. The molecule has 0 aliphatic heterocycles. The first-order chi connectivity index (χ1) is 37.9. The van der Waals surface area contributed by atoms with Crippen LogP contribution in [0.2, 0.25) is 0 Å². The van der Waals surface area contributed by atoms with E-state index in [1.807, 2.05) is 33.3 Å². The van der Waals surface area contributed by atoms with Gasteiger partial charge in [0.25, 0.3) is 7.82 Å². The molecule has 0 fully saturated rings. The Morgan fingerprint density at radius 2 is 0.782 bits per heavy atom. The second kappa shape index (κ2) is 57.9. The Balaban J connectivity index is 5.03. The van der Waals surface area contributed by atoms with E-state index in [-0.39, 0.29) is 24.9 Å². The van der Waals surface area contributed by atoms with Gasteiger partial charge in [0.05, 0.1) is 33.8 Å². The van der Waals surface area contributed by atoms with E-state index in [0.29, 0.717) is 23.9 Å². The van der Waals surface area contributed by atoms with Gasteiger partial charge in [0.15, 0.2) is 0 Å². The van der Waals surface area contributed by atoms with E-state index in [4.69, 9.17) is 13.8 Å². The first kappa shape index (κ1) is 75.7. The molecule has 0 aromatic carbocycles. The van der Waals surface area contributed by atoms with Crippen LogP contribution in [0, 0.1) is 0 Å². The van der Waals surface area contributed by atoms with Gasteiger partial charge in [-0.25, -0.2) is 0 Å². The number of carbonyl (C=O) groups is 2. The van der Waals surface area contributed by atoms with Crippen LogP contribution < -0.4 is 10.2 Å². The third-order valence-corrected chi connectivity index (χ3v) is 15.6. The highest BCUT2D eigenvalue weighted by atomic mass is 31.2. The van der Waals surface area contributed by atoms with Crippen LogP contribution in [-0.4, -0.2) is 69.4 Å². The molecule has 456 valence electrons. The number of hydrogen-bond acceptors (Lipinski definition) is 7. The molecule has 0 saturated carbocycles. The molecule has 3 unspecified atom stereocenters. The summed E-state index contributed by atoms with van der Waals surface area (Å²) >= 11 is 0. The van der Waals surface area contributed by atoms with Gasteiger partial charge in [-0.3, -0.25) is 14.2 Å². The molecule has 9 nitrogen and oxygen atoms in total. The molecule has 3 atom stereocenters. The highest BCUT2D eigenvalue weighted by Crippen LogP contribution is 2.38. The number of hydrogen-bond donors (Lipinski definition) is 1. The molecular formula is C68H127N2O7P. The molecule has 10 heteroatoms. The average molecular weight is 1120 g/mol. The van der Waals surface area contributed by atoms with Crippen LogP contribution in [0.15, 0.2) is 60.8 Å². The summed E-state index contributed by atoms with van der Waals surface area (Å²) in [5.41, 5.74) is 0. The van der Waals surface area contributed by atoms with Crippen molar-refractivity contribution < 1.29 is 37.3 Å². The maximum Gasteiger partial charge on any atom is 0.306 e. The molecule has 0 bridgehead atoms. The summed E-state index contributed by atoms with van der Waals surface area (Å²) in [5.74, 6) is -0.553. The van der Waals surface area contributed by atoms with Crippen LogP contribution in [0.3, 0.4) is 0 Å². The van der Waals surface area contributed by atoms with Crippen molar-refractivity contribution >= 4 is 19.7 Å². The van der Waals surface area contributed by atoms with Gasteiger partial charge < -0.3 is 28.5 Å². The van der Waals surface area contributed by atoms with Gasteiger partial charge in [0.2, 0.25) is 5.91 Å². The van der Waals surface area contributed by atoms with E-state index in [1.54, 1.807) is 0 Å². The molecular weight excluding hydrogens is 988 g/mol. The summed E-state index contributed by atoms with van der Waals surface area (Å²) in [4.78, 5) is 40.0. The van der Waals surface area contributed by atoms with Crippen LogP contribution in [0.5, 0.6) is 0 Å². The van der Waals surface area contributed by atoms with Crippen molar-refractivity contribution in [2.75, 3.05) is 40.9 Å². The largest absolute Gasteiger partial charge is 0.756 e. The molecule has 0 aliphatic rings. The van der Waals surface area contributed by atoms with Gasteiger partial charge in [-0.05, 0) is 96.0 Å². The summed E-state index contributed by atoms with van der Waals surface area (Å²) in [6.45, 7) is 6.82. The van der Waals surface area contributed by atoms with E-state index < -0.39 is 26.6 Å². The summed E-state index contributed by atoms with van der Waals surface area (Å²) in [6, 6.07) is -0.894. The Hall–Kier alpha value is -2.29. The van der Waals surface area contributed by atoms with Gasteiger partial charge >= 0.3 is 5.97 Å². The molecule has 0 radical (unpaired) electrons. The lowest BCUT2D eigenvalue weighted by atomic mass is 10.0. The predicted octanol–water partition coefficient (Wildman–Crippen LogP) is 20.0. The highest BCUT2D eigenvalue weighted by Gasteiger charge is 2.27. The van der Waals surface area contributed by atoms with Crippen LogP contribution in [0.4, 0.5) is 0 Å². The molecule has 0 aromatic heterocycles. The zero-order valence-electron chi connectivity index (χ0n) is 52.1. The van der Waals surface area contributed by atoms with Crippen LogP contribution in [-0.2, 0) is 27.9 Å². The average Bonchev–Trinajstić information content (AvgIpc) is 3.40. The van der Waals surface area contributed by atoms with Crippen molar-refractivity contribution in [1.29, 1.82) is 0 Å². The van der Waals surface area contributed by atoms with Crippen molar-refractivity contribution in [3.63, 3.8) is 0 Å². The normalized spacial score (nSPS) is 14.0. The zero-order chi connectivity index (χ0) is 57.2. The number of quaternary nitrogens is 1. The van der Waals surface area contributed by atoms with Crippen molar-refractivity contribution in [2.24, 2.45) is 0 Å². The van der Waals surface area contributed by atoms with E-state index in [0.717, 1.165) is 77.0 Å². The standard InChI is InChI=1S/C68H127N2O7P/c1-7-10-13-16-19-22-25-28-29-30-31-32-33-34-35-36-37-38-39-40-41-43-45-48-51-54-57-60-67(71)69-65(64-76-78(73,74)75-63-62-70(4,5)6)66(59-56-53-50-47-44-27-24-21-18-15-12-9-3)77-68(72)61-58-55-52-49-46-42-26-23-20-17-14-11-8-2/h19,22,28-29,31-32,42,46,56,59,65-66H,7-18,20-21,23-27,30,33-41,43-45,47-55,57-58,60-64H2,1-6H3,(H-,69,71,73,74)/b22-19-,29-28-,32-31-,46-42-,59-56-. The molecule has 0 heterocycles. The maximum absolute atomic E-state index is 13.6. The number of ether oxygens (including phenoxy) is 1. The Morgan fingerprint density at radius 3 is 1.22 bits per heavy atom. The minimum absolute atomic E-state index is 0.0246. The lowest BCUT2D eigenvalue weighted by Crippen LogP contribution is -2.47. The Labute approximate surface area is 483 Å². The van der Waals surface area contributed by atoms with E-state index in [1.165, 1.54) is 193 Å². The fourth-order valence-corrected chi connectivity index (χ4v) is 10.2. The van der Waals surface area contributed by atoms with E-state index in [9.17, 15) is 19.0 Å². The number of carbonyl (C=O) groups excluding carboxylic acids is 2. The third kappa shape index (κ3) is 58.4. The predicted molar refractivity (Wildman–Crippen MR) is 335 cm³/mol. The first-order valence-corrected chi connectivity index (χ1v) is 34.6. The smallest absolute Gasteiger partial charge is 0.306 e. The SMILES string of the molecule is CCCCC/C=C\C/C=C\C/C=C\CCCCCCCCCCCCCCCCC(=O)NC(COP(=O)([O-])OCC[N+](C)(C)C)C(/C=C\CCCCCCCCCCCC)OC(=O)CCCCC/C=C\CCCCCCCC. The van der Waals surface area contributed by atoms with Gasteiger partial charge in [0, 0.05) is 12.8 Å². The number of phosphoric acid groups is 1. The number of unbranched alkanes of at least 4 members (excludes halogenated alkanes) is 36. The Bertz CT molecular complexity index is 1520. The van der Waals surface area contributed by atoms with Crippen molar-refractivity contribution in [1.82, 2.24) is 5.32 Å². The number of phosphoric ester groups is 1. The highest BCUT2D eigenvalue weighted by molar-refractivity contribution is 7.45. The van der Waals surface area contributed by atoms with Gasteiger partial charge in [-0.2, -0.15) is 0 Å². The third-order valence-electron chi connectivity index (χ3n) is 14.7. The van der Waals surface area contributed by atoms with Gasteiger partial charge in [-0.15, -0.1) is 0 Å². The molecule has 1 N–H and O–H groups in total. The number of esters is 1. The summed E-state index contributed by atoms with van der Waals surface area (Å²) in [5, 5.41) is 3.03. The second-order valence-corrected chi connectivity index (χ2v) is 25.0. The number of allylic oxidation sites excluding steroid dienone is 9. The lowest BCUT2D eigenvalue weighted by molar-refractivity contribution is -0.870. The van der Waals surface area contributed by atoms with Crippen LogP contribution >= 0.6 is 7.82 Å². The fraction of sp³-hybridized carbons (Fsp3) is 0.824. The molecule has 0 rings (SSSR count).